The second-order valence-electron chi connectivity index (χ2n) is 7.46. The zero-order chi connectivity index (χ0) is 17.7. The van der Waals surface area contributed by atoms with Crippen molar-refractivity contribution in [3.05, 3.63) is 60.4 Å². The Bertz CT molecular complexity index is 1060. The van der Waals surface area contributed by atoms with Crippen molar-refractivity contribution >= 4 is 21.8 Å². The molecule has 2 aromatic carbocycles. The van der Waals surface area contributed by atoms with Crippen molar-refractivity contribution in [2.75, 3.05) is 0 Å². The summed E-state index contributed by atoms with van der Waals surface area (Å²) >= 11 is 0. The molecular weight excluding hydrogens is 306 g/mol. The molecule has 4 rings (SSSR count). The Kier molecular flexibility index (Phi) is 3.68. The highest BCUT2D eigenvalue weighted by Gasteiger charge is 2.26. The lowest BCUT2D eigenvalue weighted by Crippen LogP contribution is -2.33. The fourth-order valence-electron chi connectivity index (χ4n) is 3.88. The molecule has 0 aliphatic carbocycles. The summed E-state index contributed by atoms with van der Waals surface area (Å²) in [6, 6.07) is 15.9. The third-order valence-electron chi connectivity index (χ3n) is 5.10. The molecule has 2 aromatic heterocycles. The number of hydrogen-bond donors (Lipinski definition) is 0. The van der Waals surface area contributed by atoms with Crippen LogP contribution in [0.2, 0.25) is 0 Å². The lowest BCUT2D eigenvalue weighted by molar-refractivity contribution is -0.664. The minimum atomic E-state index is 0.402. The Labute approximate surface area is 149 Å². The van der Waals surface area contributed by atoms with E-state index in [0.29, 0.717) is 12.0 Å². The van der Waals surface area contributed by atoms with E-state index in [4.69, 9.17) is 0 Å². The van der Waals surface area contributed by atoms with Crippen LogP contribution in [0.5, 0.6) is 0 Å². The summed E-state index contributed by atoms with van der Waals surface area (Å²) in [7, 11) is 2.13. The van der Waals surface area contributed by atoms with E-state index < -0.39 is 0 Å². The Morgan fingerprint density at radius 2 is 1.60 bits per heavy atom. The van der Waals surface area contributed by atoms with Crippen LogP contribution in [0.25, 0.3) is 27.8 Å². The molecule has 128 valence electrons. The number of hydrogen-bond acceptors (Lipinski definition) is 0. The standard InChI is InChI=1S/C22H26N3/c1-15(2)17-10-8-11-19-18-9-6-7-12-20(18)25(21(17)19)22-23(5)13-14-24(22)16(3)4/h6-16H,1-5H3/q+1. The first-order valence-electron chi connectivity index (χ1n) is 9.09. The molecule has 0 saturated heterocycles. The summed E-state index contributed by atoms with van der Waals surface area (Å²) < 4.78 is 7.02. The number of aryl methyl sites for hydroxylation is 1. The fourth-order valence-corrected chi connectivity index (χ4v) is 3.88. The van der Waals surface area contributed by atoms with Crippen molar-refractivity contribution in [2.45, 2.75) is 39.7 Å². The number of nitrogens with zero attached hydrogens (tertiary/aromatic N) is 3. The van der Waals surface area contributed by atoms with Crippen LogP contribution in [0, 0.1) is 0 Å². The number of para-hydroxylation sites is 2. The van der Waals surface area contributed by atoms with Gasteiger partial charge in [-0.3, -0.25) is 0 Å². The Morgan fingerprint density at radius 3 is 2.32 bits per heavy atom. The van der Waals surface area contributed by atoms with Gasteiger partial charge >= 0.3 is 5.95 Å². The van der Waals surface area contributed by atoms with Gasteiger partial charge in [-0.05, 0) is 31.4 Å². The molecule has 0 aliphatic heterocycles. The highest BCUT2D eigenvalue weighted by atomic mass is 15.3. The predicted molar refractivity (Wildman–Crippen MR) is 104 cm³/mol. The molecule has 25 heavy (non-hydrogen) atoms. The van der Waals surface area contributed by atoms with Gasteiger partial charge in [-0.1, -0.05) is 50.2 Å². The lowest BCUT2D eigenvalue weighted by atomic mass is 10.00. The molecule has 0 amide bonds. The van der Waals surface area contributed by atoms with Crippen LogP contribution in [-0.4, -0.2) is 9.13 Å². The first-order chi connectivity index (χ1) is 12.0. The van der Waals surface area contributed by atoms with Crippen molar-refractivity contribution in [1.82, 2.24) is 9.13 Å². The second-order valence-corrected chi connectivity index (χ2v) is 7.46. The van der Waals surface area contributed by atoms with E-state index in [2.05, 4.69) is 103 Å². The SMILES string of the molecule is CC(C)c1cccc2c3ccccc3n(-c3n(C(C)C)cc[n+]3C)c12. The fraction of sp³-hybridized carbons (Fsp3) is 0.318. The summed E-state index contributed by atoms with van der Waals surface area (Å²) in [5, 5.41) is 2.65. The maximum atomic E-state index is 2.44. The van der Waals surface area contributed by atoms with Crippen LogP contribution in [0.15, 0.2) is 54.9 Å². The van der Waals surface area contributed by atoms with Crippen LogP contribution in [0.3, 0.4) is 0 Å². The quantitative estimate of drug-likeness (QED) is 0.463. The van der Waals surface area contributed by atoms with E-state index in [0.717, 1.165) is 0 Å². The lowest BCUT2D eigenvalue weighted by Gasteiger charge is -2.12. The Balaban J connectivity index is 2.25. The summed E-state index contributed by atoms with van der Waals surface area (Å²) in [6.45, 7) is 9.03. The molecule has 0 atom stereocenters. The van der Waals surface area contributed by atoms with Gasteiger partial charge in [0, 0.05) is 10.8 Å². The van der Waals surface area contributed by atoms with Gasteiger partial charge in [-0.25, -0.2) is 9.13 Å². The van der Waals surface area contributed by atoms with Gasteiger partial charge in [-0.15, -0.1) is 0 Å². The molecular formula is C22H26N3+. The first kappa shape index (κ1) is 15.9. The first-order valence-corrected chi connectivity index (χ1v) is 9.09. The van der Waals surface area contributed by atoms with Gasteiger partial charge in [0.25, 0.3) is 0 Å². The van der Waals surface area contributed by atoms with Gasteiger partial charge in [0.05, 0.1) is 25.5 Å². The molecule has 0 saturated carbocycles. The second kappa shape index (κ2) is 5.76. The van der Waals surface area contributed by atoms with Crippen LogP contribution in [0.4, 0.5) is 0 Å². The third-order valence-corrected chi connectivity index (χ3v) is 5.10. The van der Waals surface area contributed by atoms with Gasteiger partial charge in [0.1, 0.15) is 11.0 Å². The zero-order valence-electron chi connectivity index (χ0n) is 15.7. The van der Waals surface area contributed by atoms with Gasteiger partial charge in [0.2, 0.25) is 0 Å². The van der Waals surface area contributed by atoms with Crippen LogP contribution < -0.4 is 4.57 Å². The van der Waals surface area contributed by atoms with Crippen molar-refractivity contribution in [3.8, 4) is 5.95 Å². The van der Waals surface area contributed by atoms with Crippen LogP contribution in [-0.2, 0) is 7.05 Å². The van der Waals surface area contributed by atoms with Gasteiger partial charge in [-0.2, -0.15) is 4.57 Å². The monoisotopic (exact) mass is 332 g/mol. The van der Waals surface area contributed by atoms with E-state index in [-0.39, 0.29) is 0 Å². The van der Waals surface area contributed by atoms with Gasteiger partial charge in [0.15, 0.2) is 0 Å². The zero-order valence-corrected chi connectivity index (χ0v) is 15.7. The predicted octanol–water partition coefficient (Wildman–Crippen LogP) is 5.11. The van der Waals surface area contributed by atoms with Crippen molar-refractivity contribution < 1.29 is 4.57 Å². The smallest absolute Gasteiger partial charge is 0.237 e. The average Bonchev–Trinajstić information content (AvgIpc) is 3.12. The number of fused-ring (bicyclic) bond motifs is 3. The molecule has 0 aliphatic rings. The Morgan fingerprint density at radius 1 is 0.880 bits per heavy atom. The topological polar surface area (TPSA) is 13.7 Å². The number of imidazole rings is 1. The molecule has 4 aromatic rings. The molecule has 2 heterocycles. The summed E-state index contributed by atoms with van der Waals surface area (Å²) in [5.41, 5.74) is 3.99. The van der Waals surface area contributed by atoms with E-state index in [1.54, 1.807) is 0 Å². The largest absolute Gasteiger partial charge is 0.369 e. The summed E-state index contributed by atoms with van der Waals surface area (Å²) in [5.74, 6) is 1.67. The van der Waals surface area contributed by atoms with E-state index in [1.165, 1.54) is 33.3 Å². The molecule has 0 spiro atoms. The highest BCUT2D eigenvalue weighted by molar-refractivity contribution is 6.10. The molecule has 3 nitrogen and oxygen atoms in total. The Hall–Kier alpha value is -2.55. The van der Waals surface area contributed by atoms with Crippen LogP contribution >= 0.6 is 0 Å². The van der Waals surface area contributed by atoms with Gasteiger partial charge < -0.3 is 0 Å². The number of rotatable bonds is 3. The molecule has 0 unspecified atom stereocenters. The molecule has 0 N–H and O–H groups in total. The van der Waals surface area contributed by atoms with Crippen molar-refractivity contribution in [1.29, 1.82) is 0 Å². The summed E-state index contributed by atoms with van der Waals surface area (Å²) in [4.78, 5) is 0. The number of aromatic nitrogens is 3. The third kappa shape index (κ3) is 2.30. The van der Waals surface area contributed by atoms with E-state index in [1.807, 2.05) is 0 Å². The molecule has 0 fully saturated rings. The minimum Gasteiger partial charge on any atom is -0.237 e. The minimum absolute atomic E-state index is 0.402. The molecule has 0 bridgehead atoms. The molecule has 3 heteroatoms. The van der Waals surface area contributed by atoms with E-state index >= 15 is 0 Å². The maximum absolute atomic E-state index is 2.44. The van der Waals surface area contributed by atoms with E-state index in [9.17, 15) is 0 Å². The number of benzene rings is 2. The van der Waals surface area contributed by atoms with Crippen molar-refractivity contribution in [3.63, 3.8) is 0 Å². The summed E-state index contributed by atoms with van der Waals surface area (Å²) in [6.07, 6.45) is 4.33. The molecule has 0 radical (unpaired) electrons. The van der Waals surface area contributed by atoms with Crippen LogP contribution in [0.1, 0.15) is 45.2 Å². The average molecular weight is 332 g/mol. The highest BCUT2D eigenvalue weighted by Crippen LogP contribution is 2.36. The maximum Gasteiger partial charge on any atom is 0.369 e. The normalized spacial score (nSPS) is 12.1. The van der Waals surface area contributed by atoms with Crippen molar-refractivity contribution in [2.24, 2.45) is 7.05 Å².